The van der Waals surface area contributed by atoms with Crippen LogP contribution in [-0.4, -0.2) is 56.8 Å². The molecule has 1 fully saturated rings. The minimum atomic E-state index is -3.60. The first-order valence-corrected chi connectivity index (χ1v) is 10.1. The summed E-state index contributed by atoms with van der Waals surface area (Å²) >= 11 is 0. The number of aryl methyl sites for hydroxylation is 2. The Morgan fingerprint density at radius 3 is 2.20 bits per heavy atom. The molecular formula is C18H28N2O4S. The summed E-state index contributed by atoms with van der Waals surface area (Å²) < 4.78 is 33.1. The number of benzene rings is 1. The van der Waals surface area contributed by atoms with E-state index >= 15 is 0 Å². The van der Waals surface area contributed by atoms with Gasteiger partial charge in [0, 0.05) is 32.1 Å². The Kier molecular flexibility index (Phi) is 6.11. The molecule has 0 N–H and O–H groups in total. The normalized spacial score (nSPS) is 16.8. The zero-order chi connectivity index (χ0) is 18.8. The third-order valence-electron chi connectivity index (χ3n) is 4.53. The maximum atomic E-state index is 13.2. The zero-order valence-corrected chi connectivity index (χ0v) is 16.5. The maximum Gasteiger partial charge on any atom is 0.243 e. The summed E-state index contributed by atoms with van der Waals surface area (Å²) in [5, 5.41) is 0. The van der Waals surface area contributed by atoms with Gasteiger partial charge in [0.05, 0.1) is 12.0 Å². The molecule has 1 saturated heterocycles. The molecule has 140 valence electrons. The molecule has 6 nitrogen and oxygen atoms in total. The number of amides is 1. The van der Waals surface area contributed by atoms with Crippen molar-refractivity contribution in [3.63, 3.8) is 0 Å². The first-order valence-electron chi connectivity index (χ1n) is 8.62. The van der Waals surface area contributed by atoms with Gasteiger partial charge in [-0.2, -0.15) is 4.31 Å². The molecule has 1 aromatic carbocycles. The minimum absolute atomic E-state index is 0.0748. The Morgan fingerprint density at radius 2 is 1.68 bits per heavy atom. The van der Waals surface area contributed by atoms with Gasteiger partial charge in [-0.05, 0) is 43.5 Å². The van der Waals surface area contributed by atoms with Crippen LogP contribution < -0.4 is 4.74 Å². The monoisotopic (exact) mass is 368 g/mol. The van der Waals surface area contributed by atoms with Crippen LogP contribution in [0.25, 0.3) is 0 Å². The summed E-state index contributed by atoms with van der Waals surface area (Å²) in [5.41, 5.74) is 1.35. The van der Waals surface area contributed by atoms with E-state index in [1.54, 1.807) is 38.0 Å². The summed E-state index contributed by atoms with van der Waals surface area (Å²) in [7, 11) is -2.03. The Labute approximate surface area is 150 Å². The number of methoxy groups -OCH3 is 1. The first-order chi connectivity index (χ1) is 11.7. The van der Waals surface area contributed by atoms with Crippen LogP contribution in [0.4, 0.5) is 0 Å². The van der Waals surface area contributed by atoms with E-state index in [1.165, 1.54) is 4.31 Å². The van der Waals surface area contributed by atoms with Crippen molar-refractivity contribution in [2.24, 2.45) is 5.92 Å². The summed E-state index contributed by atoms with van der Waals surface area (Å²) in [6, 6.07) is 3.48. The average Bonchev–Trinajstić information content (AvgIpc) is 2.79. The summed E-state index contributed by atoms with van der Waals surface area (Å²) in [6.07, 6.45) is 0.645. The smallest absolute Gasteiger partial charge is 0.243 e. The van der Waals surface area contributed by atoms with Gasteiger partial charge in [-0.3, -0.25) is 4.79 Å². The van der Waals surface area contributed by atoms with Crippen molar-refractivity contribution in [1.82, 2.24) is 9.21 Å². The van der Waals surface area contributed by atoms with Crippen molar-refractivity contribution in [1.29, 1.82) is 0 Å². The van der Waals surface area contributed by atoms with E-state index in [1.807, 2.05) is 13.8 Å². The second kappa shape index (κ2) is 7.74. The predicted octanol–water partition coefficient (Wildman–Crippen LogP) is 2.19. The molecule has 0 spiro atoms. The van der Waals surface area contributed by atoms with Gasteiger partial charge in [0.15, 0.2) is 0 Å². The van der Waals surface area contributed by atoms with Crippen molar-refractivity contribution < 1.29 is 17.9 Å². The number of hydrogen-bond donors (Lipinski definition) is 0. The van der Waals surface area contributed by atoms with Crippen molar-refractivity contribution in [3.8, 4) is 5.75 Å². The van der Waals surface area contributed by atoms with Crippen LogP contribution >= 0.6 is 0 Å². The van der Waals surface area contributed by atoms with Gasteiger partial charge in [-0.1, -0.05) is 13.8 Å². The third kappa shape index (κ3) is 4.15. The molecule has 1 amide bonds. The number of rotatable bonds is 4. The van der Waals surface area contributed by atoms with E-state index in [9.17, 15) is 13.2 Å². The maximum absolute atomic E-state index is 13.2. The second-order valence-electron chi connectivity index (χ2n) is 6.83. The van der Waals surface area contributed by atoms with Crippen molar-refractivity contribution in [3.05, 3.63) is 23.3 Å². The summed E-state index contributed by atoms with van der Waals surface area (Å²) in [5.74, 6) is 0.656. The number of ether oxygens (including phenoxy) is 1. The lowest BCUT2D eigenvalue weighted by Crippen LogP contribution is -2.39. The van der Waals surface area contributed by atoms with Crippen LogP contribution in [-0.2, 0) is 14.8 Å². The molecular weight excluding hydrogens is 340 g/mol. The summed E-state index contributed by atoms with van der Waals surface area (Å²) in [6.45, 7) is 9.09. The SMILES string of the molecule is COc1cc(C)c(S(=O)(=O)N2CCCN(C(=O)C(C)C)CC2)c(C)c1. The lowest BCUT2D eigenvalue weighted by atomic mass is 10.1. The van der Waals surface area contributed by atoms with Gasteiger partial charge in [0.1, 0.15) is 5.75 Å². The standard InChI is InChI=1S/C18H28N2O4S/c1-13(2)18(21)19-7-6-8-20(10-9-19)25(22,23)17-14(3)11-16(24-5)12-15(17)4/h11-13H,6-10H2,1-5H3. The van der Waals surface area contributed by atoms with Gasteiger partial charge >= 0.3 is 0 Å². The molecule has 0 unspecified atom stereocenters. The lowest BCUT2D eigenvalue weighted by Gasteiger charge is -2.24. The predicted molar refractivity (Wildman–Crippen MR) is 97.3 cm³/mol. The molecule has 0 bridgehead atoms. The Bertz CT molecular complexity index is 720. The molecule has 7 heteroatoms. The highest BCUT2D eigenvalue weighted by Crippen LogP contribution is 2.28. The van der Waals surface area contributed by atoms with Gasteiger partial charge in [-0.25, -0.2) is 8.42 Å². The van der Waals surface area contributed by atoms with Gasteiger partial charge in [0.25, 0.3) is 0 Å². The van der Waals surface area contributed by atoms with Gasteiger partial charge in [0.2, 0.25) is 15.9 Å². The van der Waals surface area contributed by atoms with E-state index in [-0.39, 0.29) is 11.8 Å². The van der Waals surface area contributed by atoms with E-state index in [4.69, 9.17) is 4.74 Å². The molecule has 1 aliphatic heterocycles. The Balaban J connectivity index is 2.28. The molecule has 0 radical (unpaired) electrons. The van der Waals surface area contributed by atoms with Crippen LogP contribution in [0.5, 0.6) is 5.75 Å². The van der Waals surface area contributed by atoms with Crippen LogP contribution in [0, 0.1) is 19.8 Å². The van der Waals surface area contributed by atoms with Crippen molar-refractivity contribution >= 4 is 15.9 Å². The number of sulfonamides is 1. The second-order valence-corrected chi connectivity index (χ2v) is 8.70. The highest BCUT2D eigenvalue weighted by Gasteiger charge is 2.31. The minimum Gasteiger partial charge on any atom is -0.497 e. The van der Waals surface area contributed by atoms with E-state index in [2.05, 4.69) is 0 Å². The van der Waals surface area contributed by atoms with Crippen LogP contribution in [0.3, 0.4) is 0 Å². The van der Waals surface area contributed by atoms with E-state index in [0.717, 1.165) is 0 Å². The van der Waals surface area contributed by atoms with Crippen LogP contribution in [0.2, 0.25) is 0 Å². The highest BCUT2D eigenvalue weighted by molar-refractivity contribution is 7.89. The molecule has 2 rings (SSSR count). The number of carbonyl (C=O) groups is 1. The molecule has 1 aliphatic rings. The molecule has 1 aromatic rings. The molecule has 0 atom stereocenters. The third-order valence-corrected chi connectivity index (χ3v) is 6.73. The van der Waals surface area contributed by atoms with Gasteiger partial charge < -0.3 is 9.64 Å². The largest absolute Gasteiger partial charge is 0.497 e. The average molecular weight is 368 g/mol. The molecule has 0 aromatic heterocycles. The molecule has 0 saturated carbocycles. The quantitative estimate of drug-likeness (QED) is 0.817. The topological polar surface area (TPSA) is 66.9 Å². The highest BCUT2D eigenvalue weighted by atomic mass is 32.2. The molecule has 1 heterocycles. The Hall–Kier alpha value is -1.60. The van der Waals surface area contributed by atoms with Crippen LogP contribution in [0.15, 0.2) is 17.0 Å². The van der Waals surface area contributed by atoms with Crippen LogP contribution in [0.1, 0.15) is 31.4 Å². The number of carbonyl (C=O) groups excluding carboxylic acids is 1. The fourth-order valence-corrected chi connectivity index (χ4v) is 5.17. The Morgan fingerprint density at radius 1 is 1.08 bits per heavy atom. The van der Waals surface area contributed by atoms with Crippen molar-refractivity contribution in [2.45, 2.75) is 39.0 Å². The molecule has 25 heavy (non-hydrogen) atoms. The zero-order valence-electron chi connectivity index (χ0n) is 15.7. The number of nitrogens with zero attached hydrogens (tertiary/aromatic N) is 2. The number of hydrogen-bond acceptors (Lipinski definition) is 4. The fourth-order valence-electron chi connectivity index (χ4n) is 3.28. The summed E-state index contributed by atoms with van der Waals surface area (Å²) in [4.78, 5) is 14.3. The van der Waals surface area contributed by atoms with E-state index < -0.39 is 10.0 Å². The van der Waals surface area contributed by atoms with E-state index in [0.29, 0.717) is 54.4 Å². The van der Waals surface area contributed by atoms with Gasteiger partial charge in [-0.15, -0.1) is 0 Å². The molecule has 0 aliphatic carbocycles. The lowest BCUT2D eigenvalue weighted by molar-refractivity contribution is -0.134. The van der Waals surface area contributed by atoms with Crippen molar-refractivity contribution in [2.75, 3.05) is 33.3 Å². The fraction of sp³-hybridized carbons (Fsp3) is 0.611. The first kappa shape index (κ1) is 19.7.